The summed E-state index contributed by atoms with van der Waals surface area (Å²) in [5.74, 6) is -0.511. The third-order valence-corrected chi connectivity index (χ3v) is 12.3. The zero-order valence-corrected chi connectivity index (χ0v) is 42.4. The Labute approximate surface area is 397 Å². The predicted octanol–water partition coefficient (Wildman–Crippen LogP) is 16.8. The molecule has 0 aromatic carbocycles. The molecule has 0 aliphatic carbocycles. The van der Waals surface area contributed by atoms with Crippen LogP contribution in [0.4, 0.5) is 0 Å². The van der Waals surface area contributed by atoms with Crippen LogP contribution in [0.3, 0.4) is 0 Å². The van der Waals surface area contributed by atoms with Gasteiger partial charge in [-0.25, -0.2) is 0 Å². The Bertz CT molecular complexity index is 1140. The largest absolute Gasteiger partial charge is 0.462 e. The van der Waals surface area contributed by atoms with Gasteiger partial charge in [-0.2, -0.15) is 0 Å². The van der Waals surface area contributed by atoms with Gasteiger partial charge >= 0.3 is 5.97 Å². The maximum Gasteiger partial charge on any atom is 0.306 e. The second kappa shape index (κ2) is 51.5. The van der Waals surface area contributed by atoms with Crippen LogP contribution in [0.2, 0.25) is 0 Å². The monoisotopic (exact) mass is 896 g/mol. The molecule has 6 nitrogen and oxygen atoms in total. The molecule has 6 heteroatoms. The van der Waals surface area contributed by atoms with Crippen molar-refractivity contribution >= 4 is 11.9 Å². The number of rotatable bonds is 49. The summed E-state index contributed by atoms with van der Waals surface area (Å²) in [6.45, 7) is 6.44. The Morgan fingerprint density at radius 2 is 0.844 bits per heavy atom. The number of aliphatic hydroxyl groups excluding tert-OH is 2. The molecule has 0 aliphatic heterocycles. The standard InChI is InChI=1S/C58H105NO5/c1-4-7-10-13-16-19-22-24-26-28-29-30-32-34-36-39-42-45-48-51-58(63)64-54(49-46-43-40-37-35-33-31-27-25-23-20-17-14-11-8-5-2)52-57(62)59-55(53-60)56(61)50-47-44-41-38-21-18-15-12-9-6-3/h16,19,24,26-27,29-31,33,35,54-56,60-61H,4-15,17-18,20-23,25,28,32,34,36-53H2,1-3H3,(H,59,62)/b19-16-,26-24-,30-29-,31-27+,35-33+. The molecule has 0 aromatic rings. The number of carbonyl (C=O) groups is 2. The van der Waals surface area contributed by atoms with Crippen LogP contribution in [0, 0.1) is 0 Å². The average Bonchev–Trinajstić information content (AvgIpc) is 3.29. The van der Waals surface area contributed by atoms with Crippen LogP contribution in [0.1, 0.15) is 271 Å². The van der Waals surface area contributed by atoms with E-state index < -0.39 is 18.2 Å². The van der Waals surface area contributed by atoms with Gasteiger partial charge in [-0.3, -0.25) is 9.59 Å². The lowest BCUT2D eigenvalue weighted by molar-refractivity contribution is -0.151. The second-order valence-corrected chi connectivity index (χ2v) is 18.7. The Morgan fingerprint density at radius 1 is 0.469 bits per heavy atom. The quantitative estimate of drug-likeness (QED) is 0.0245. The van der Waals surface area contributed by atoms with E-state index in [1.165, 1.54) is 135 Å². The van der Waals surface area contributed by atoms with Crippen LogP contribution in [0.5, 0.6) is 0 Å². The van der Waals surface area contributed by atoms with Gasteiger partial charge in [-0.15, -0.1) is 0 Å². The van der Waals surface area contributed by atoms with Gasteiger partial charge in [0.2, 0.25) is 5.91 Å². The molecule has 372 valence electrons. The first kappa shape index (κ1) is 61.6. The van der Waals surface area contributed by atoms with Crippen LogP contribution in [-0.2, 0) is 14.3 Å². The van der Waals surface area contributed by atoms with E-state index >= 15 is 0 Å². The van der Waals surface area contributed by atoms with E-state index in [-0.39, 0.29) is 24.9 Å². The lowest BCUT2D eigenvalue weighted by atomic mass is 10.0. The summed E-state index contributed by atoms with van der Waals surface area (Å²) in [4.78, 5) is 26.2. The van der Waals surface area contributed by atoms with Crippen molar-refractivity contribution in [1.82, 2.24) is 5.32 Å². The molecular weight excluding hydrogens is 791 g/mol. The summed E-state index contributed by atoms with van der Waals surface area (Å²) in [7, 11) is 0. The zero-order valence-electron chi connectivity index (χ0n) is 42.4. The summed E-state index contributed by atoms with van der Waals surface area (Å²) >= 11 is 0. The minimum atomic E-state index is -0.798. The smallest absolute Gasteiger partial charge is 0.306 e. The van der Waals surface area contributed by atoms with Gasteiger partial charge in [0.05, 0.1) is 25.2 Å². The highest BCUT2D eigenvalue weighted by molar-refractivity contribution is 5.77. The first-order chi connectivity index (χ1) is 31.5. The normalized spacial score (nSPS) is 13.6. The molecule has 0 heterocycles. The fourth-order valence-electron chi connectivity index (χ4n) is 8.13. The lowest BCUT2D eigenvalue weighted by Crippen LogP contribution is -2.46. The number of nitrogens with one attached hydrogen (secondary N) is 1. The molecule has 3 unspecified atom stereocenters. The summed E-state index contributed by atoms with van der Waals surface area (Å²) in [5, 5.41) is 23.7. The van der Waals surface area contributed by atoms with Crippen LogP contribution in [0.15, 0.2) is 60.8 Å². The maximum absolute atomic E-state index is 13.2. The van der Waals surface area contributed by atoms with Crippen molar-refractivity contribution in [3.05, 3.63) is 60.8 Å². The van der Waals surface area contributed by atoms with E-state index in [1.54, 1.807) is 0 Å². The van der Waals surface area contributed by atoms with E-state index in [1.807, 2.05) is 0 Å². The molecule has 3 atom stereocenters. The van der Waals surface area contributed by atoms with Gasteiger partial charge in [0, 0.05) is 6.42 Å². The first-order valence-corrected chi connectivity index (χ1v) is 27.5. The van der Waals surface area contributed by atoms with Crippen LogP contribution in [-0.4, -0.2) is 46.9 Å². The van der Waals surface area contributed by atoms with E-state index in [0.29, 0.717) is 19.3 Å². The van der Waals surface area contributed by atoms with Crippen molar-refractivity contribution in [1.29, 1.82) is 0 Å². The highest BCUT2D eigenvalue weighted by Crippen LogP contribution is 2.17. The summed E-state index contributed by atoms with van der Waals surface area (Å²) in [6.07, 6.45) is 64.2. The Balaban J connectivity index is 4.62. The SMILES string of the molecule is CCCCC/C=C\C/C=C\C/C=C\CCCCCCCCC(=O)OC(CCCCC/C=C/C=C/CCCCCCCCC)CC(=O)NC(CO)C(O)CCCCCCCCCCCC. The fraction of sp³-hybridized carbons (Fsp3) is 0.793. The van der Waals surface area contributed by atoms with Crippen molar-refractivity contribution in [3.63, 3.8) is 0 Å². The Hall–Kier alpha value is -2.44. The molecule has 0 bridgehead atoms. The minimum absolute atomic E-state index is 0.0535. The number of esters is 1. The molecule has 0 aromatic heterocycles. The van der Waals surface area contributed by atoms with Gasteiger partial charge < -0.3 is 20.3 Å². The number of amides is 1. The van der Waals surface area contributed by atoms with Gasteiger partial charge in [-0.05, 0) is 89.9 Å². The number of carbonyl (C=O) groups excluding carboxylic acids is 2. The van der Waals surface area contributed by atoms with Gasteiger partial charge in [0.15, 0.2) is 0 Å². The van der Waals surface area contributed by atoms with Crippen molar-refractivity contribution in [2.75, 3.05) is 6.61 Å². The van der Waals surface area contributed by atoms with Crippen molar-refractivity contribution in [3.8, 4) is 0 Å². The molecule has 64 heavy (non-hydrogen) atoms. The number of hydrogen-bond acceptors (Lipinski definition) is 5. The Kier molecular flexibility index (Phi) is 49.6. The van der Waals surface area contributed by atoms with Crippen LogP contribution in [0.25, 0.3) is 0 Å². The number of hydrogen-bond donors (Lipinski definition) is 3. The fourth-order valence-corrected chi connectivity index (χ4v) is 8.13. The van der Waals surface area contributed by atoms with E-state index in [2.05, 4.69) is 86.8 Å². The van der Waals surface area contributed by atoms with Gasteiger partial charge in [-0.1, -0.05) is 229 Å². The molecule has 1 amide bonds. The summed E-state index contributed by atoms with van der Waals surface area (Å²) in [6, 6.07) is -0.714. The topological polar surface area (TPSA) is 95.9 Å². The number of unbranched alkanes of at least 4 members (excludes halogenated alkanes) is 28. The van der Waals surface area contributed by atoms with Crippen molar-refractivity contribution < 1.29 is 24.5 Å². The van der Waals surface area contributed by atoms with Crippen molar-refractivity contribution in [2.24, 2.45) is 0 Å². The number of allylic oxidation sites excluding steroid dienone is 10. The molecule has 0 saturated carbocycles. The third-order valence-electron chi connectivity index (χ3n) is 12.3. The highest BCUT2D eigenvalue weighted by Gasteiger charge is 2.24. The predicted molar refractivity (Wildman–Crippen MR) is 278 cm³/mol. The molecule has 0 fully saturated rings. The van der Waals surface area contributed by atoms with Crippen molar-refractivity contribution in [2.45, 2.75) is 289 Å². The first-order valence-electron chi connectivity index (χ1n) is 27.5. The maximum atomic E-state index is 13.2. The molecule has 0 aliphatic rings. The number of ether oxygens (including phenoxy) is 1. The summed E-state index contributed by atoms with van der Waals surface area (Å²) in [5.41, 5.74) is 0. The van der Waals surface area contributed by atoms with E-state index in [9.17, 15) is 19.8 Å². The molecular formula is C58H105NO5. The van der Waals surface area contributed by atoms with Gasteiger partial charge in [0.1, 0.15) is 6.10 Å². The van der Waals surface area contributed by atoms with Gasteiger partial charge in [0.25, 0.3) is 0 Å². The summed E-state index contributed by atoms with van der Waals surface area (Å²) < 4.78 is 5.93. The van der Waals surface area contributed by atoms with Crippen LogP contribution >= 0.6 is 0 Å². The molecule has 0 rings (SSSR count). The molecule has 0 saturated heterocycles. The highest BCUT2D eigenvalue weighted by atomic mass is 16.5. The third kappa shape index (κ3) is 46.1. The number of aliphatic hydroxyl groups is 2. The Morgan fingerprint density at radius 3 is 1.34 bits per heavy atom. The van der Waals surface area contributed by atoms with E-state index in [4.69, 9.17) is 4.74 Å². The molecule has 0 radical (unpaired) electrons. The minimum Gasteiger partial charge on any atom is -0.462 e. The average molecular weight is 896 g/mol. The van der Waals surface area contributed by atoms with E-state index in [0.717, 1.165) is 89.9 Å². The van der Waals surface area contributed by atoms with Crippen LogP contribution < -0.4 is 5.32 Å². The molecule has 0 spiro atoms. The zero-order chi connectivity index (χ0) is 46.7. The molecule has 3 N–H and O–H groups in total. The second-order valence-electron chi connectivity index (χ2n) is 18.7. The lowest BCUT2D eigenvalue weighted by Gasteiger charge is -2.24.